The van der Waals surface area contributed by atoms with Crippen molar-refractivity contribution in [1.82, 2.24) is 30.4 Å². The standard InChI is InChI=1S/C12H20N6O2S/c1-17-12(14-15-16-17)21-9-6-13-10(19)11(20)18-7-4-2-3-5-8-18/h2-9H2,1H3,(H,13,19). The highest BCUT2D eigenvalue weighted by Gasteiger charge is 2.22. The van der Waals surface area contributed by atoms with Crippen LogP contribution in [0.25, 0.3) is 0 Å². The molecule has 1 aromatic rings. The average molecular weight is 312 g/mol. The van der Waals surface area contributed by atoms with E-state index in [0.717, 1.165) is 25.7 Å². The Morgan fingerprint density at radius 2 is 1.95 bits per heavy atom. The van der Waals surface area contributed by atoms with Crippen molar-refractivity contribution < 1.29 is 9.59 Å². The minimum atomic E-state index is -0.520. The summed E-state index contributed by atoms with van der Waals surface area (Å²) in [5.41, 5.74) is 0. The maximum atomic E-state index is 12.0. The van der Waals surface area contributed by atoms with Gasteiger partial charge in [0.1, 0.15) is 0 Å². The van der Waals surface area contributed by atoms with Crippen LogP contribution in [0.2, 0.25) is 0 Å². The summed E-state index contributed by atoms with van der Waals surface area (Å²) in [6, 6.07) is 0. The van der Waals surface area contributed by atoms with Crippen LogP contribution in [-0.2, 0) is 16.6 Å². The van der Waals surface area contributed by atoms with Gasteiger partial charge >= 0.3 is 11.8 Å². The van der Waals surface area contributed by atoms with Crippen LogP contribution < -0.4 is 5.32 Å². The number of carbonyl (C=O) groups excluding carboxylic acids is 2. The Balaban J connectivity index is 1.68. The molecule has 0 atom stereocenters. The van der Waals surface area contributed by atoms with Gasteiger partial charge in [-0.2, -0.15) is 0 Å². The molecule has 0 radical (unpaired) electrons. The van der Waals surface area contributed by atoms with Crippen molar-refractivity contribution in [1.29, 1.82) is 0 Å². The maximum Gasteiger partial charge on any atom is 0.311 e. The second-order valence-corrected chi connectivity index (χ2v) is 5.96. The Bertz CT molecular complexity index is 484. The molecule has 1 aliphatic rings. The molecule has 1 N–H and O–H groups in total. The van der Waals surface area contributed by atoms with Gasteiger partial charge in [-0.3, -0.25) is 9.59 Å². The number of amides is 2. The molecule has 0 bridgehead atoms. The number of hydrogen-bond donors (Lipinski definition) is 1. The van der Waals surface area contributed by atoms with E-state index in [2.05, 4.69) is 20.8 Å². The van der Waals surface area contributed by atoms with Crippen LogP contribution in [0, 0.1) is 0 Å². The monoisotopic (exact) mass is 312 g/mol. The summed E-state index contributed by atoms with van der Waals surface area (Å²) in [7, 11) is 1.75. The van der Waals surface area contributed by atoms with Gasteiger partial charge in [0.25, 0.3) is 0 Å². The molecule has 1 fully saturated rings. The molecule has 0 aliphatic carbocycles. The van der Waals surface area contributed by atoms with Gasteiger partial charge in [-0.05, 0) is 23.3 Å². The highest BCUT2D eigenvalue weighted by atomic mass is 32.2. The molecule has 2 heterocycles. The largest absolute Gasteiger partial charge is 0.347 e. The molecule has 1 saturated heterocycles. The topological polar surface area (TPSA) is 93.0 Å². The lowest BCUT2D eigenvalue weighted by Crippen LogP contribution is -2.44. The third-order valence-corrected chi connectivity index (χ3v) is 4.30. The van der Waals surface area contributed by atoms with Gasteiger partial charge in [-0.15, -0.1) is 5.10 Å². The molecule has 0 spiro atoms. The van der Waals surface area contributed by atoms with Crippen LogP contribution >= 0.6 is 11.8 Å². The highest BCUT2D eigenvalue weighted by Crippen LogP contribution is 2.11. The second kappa shape index (κ2) is 7.96. The fourth-order valence-corrected chi connectivity index (χ4v) is 2.85. The van der Waals surface area contributed by atoms with Crippen LogP contribution in [0.4, 0.5) is 0 Å². The molecule has 21 heavy (non-hydrogen) atoms. The number of tetrazole rings is 1. The van der Waals surface area contributed by atoms with Crippen molar-refractivity contribution in [2.75, 3.05) is 25.4 Å². The average Bonchev–Trinajstić information content (AvgIpc) is 2.74. The normalized spacial score (nSPS) is 15.6. The van der Waals surface area contributed by atoms with Gasteiger partial charge in [-0.25, -0.2) is 4.68 Å². The van der Waals surface area contributed by atoms with Crippen molar-refractivity contribution >= 4 is 23.6 Å². The predicted octanol–water partition coefficient (Wildman–Crippen LogP) is -0.179. The van der Waals surface area contributed by atoms with Crippen LogP contribution in [0.3, 0.4) is 0 Å². The number of likely N-dealkylation sites (tertiary alicyclic amines) is 1. The summed E-state index contributed by atoms with van der Waals surface area (Å²) >= 11 is 1.43. The first-order valence-electron chi connectivity index (χ1n) is 7.11. The van der Waals surface area contributed by atoms with Crippen molar-refractivity contribution in [3.8, 4) is 0 Å². The highest BCUT2D eigenvalue weighted by molar-refractivity contribution is 7.99. The molecule has 2 amide bonds. The molecule has 2 rings (SSSR count). The number of carbonyl (C=O) groups is 2. The summed E-state index contributed by atoms with van der Waals surface area (Å²) in [5, 5.41) is 14.4. The summed E-state index contributed by atoms with van der Waals surface area (Å²) < 4.78 is 1.56. The van der Waals surface area contributed by atoms with E-state index in [1.165, 1.54) is 11.8 Å². The van der Waals surface area contributed by atoms with E-state index in [9.17, 15) is 9.59 Å². The van der Waals surface area contributed by atoms with Crippen molar-refractivity contribution in [2.24, 2.45) is 7.05 Å². The molecule has 0 saturated carbocycles. The van der Waals surface area contributed by atoms with E-state index in [-0.39, 0.29) is 0 Å². The smallest absolute Gasteiger partial charge is 0.311 e. The van der Waals surface area contributed by atoms with E-state index in [1.807, 2.05) is 0 Å². The first-order valence-corrected chi connectivity index (χ1v) is 8.09. The van der Waals surface area contributed by atoms with E-state index in [1.54, 1.807) is 16.6 Å². The zero-order valence-corrected chi connectivity index (χ0v) is 12.9. The molecule has 0 aromatic carbocycles. The summed E-state index contributed by atoms with van der Waals surface area (Å²) in [6.45, 7) is 1.78. The SMILES string of the molecule is Cn1nnnc1SCCNC(=O)C(=O)N1CCCCCC1. The molecule has 116 valence electrons. The Morgan fingerprint density at radius 1 is 1.24 bits per heavy atom. The number of aryl methyl sites for hydroxylation is 1. The molecule has 9 heteroatoms. The van der Waals surface area contributed by atoms with Crippen molar-refractivity contribution in [2.45, 2.75) is 30.8 Å². The first kappa shape index (κ1) is 15.7. The zero-order chi connectivity index (χ0) is 15.1. The van der Waals surface area contributed by atoms with Gasteiger partial charge in [0.2, 0.25) is 5.16 Å². The van der Waals surface area contributed by atoms with Gasteiger partial charge in [0, 0.05) is 32.4 Å². The van der Waals surface area contributed by atoms with Crippen LogP contribution in [0.1, 0.15) is 25.7 Å². The van der Waals surface area contributed by atoms with E-state index in [0.29, 0.717) is 30.5 Å². The second-order valence-electron chi connectivity index (χ2n) is 4.90. The molecule has 8 nitrogen and oxygen atoms in total. The van der Waals surface area contributed by atoms with E-state index >= 15 is 0 Å². The third-order valence-electron chi connectivity index (χ3n) is 3.29. The summed E-state index contributed by atoms with van der Waals surface area (Å²) in [6.07, 6.45) is 4.23. The molecular weight excluding hydrogens is 292 g/mol. The van der Waals surface area contributed by atoms with Crippen LogP contribution in [0.15, 0.2) is 5.16 Å². The minimum absolute atomic E-state index is 0.413. The number of rotatable bonds is 4. The summed E-state index contributed by atoms with van der Waals surface area (Å²) in [5.74, 6) is -0.316. The van der Waals surface area contributed by atoms with Gasteiger partial charge in [0.05, 0.1) is 0 Å². The van der Waals surface area contributed by atoms with E-state index in [4.69, 9.17) is 0 Å². The number of thioether (sulfide) groups is 1. The fraction of sp³-hybridized carbons (Fsp3) is 0.750. The number of hydrogen-bond acceptors (Lipinski definition) is 6. The van der Waals surface area contributed by atoms with Gasteiger partial charge in [-0.1, -0.05) is 24.6 Å². The quantitative estimate of drug-likeness (QED) is 0.471. The minimum Gasteiger partial charge on any atom is -0.347 e. The Morgan fingerprint density at radius 3 is 2.57 bits per heavy atom. The van der Waals surface area contributed by atoms with Crippen molar-refractivity contribution in [3.05, 3.63) is 0 Å². The fourth-order valence-electron chi connectivity index (χ4n) is 2.14. The lowest BCUT2D eigenvalue weighted by molar-refractivity contribution is -0.145. The van der Waals surface area contributed by atoms with Crippen molar-refractivity contribution in [3.63, 3.8) is 0 Å². The zero-order valence-electron chi connectivity index (χ0n) is 12.1. The Hall–Kier alpha value is -1.64. The Kier molecular flexibility index (Phi) is 5.97. The number of aromatic nitrogens is 4. The predicted molar refractivity (Wildman–Crippen MR) is 77.6 cm³/mol. The molecule has 1 aliphatic heterocycles. The molecule has 1 aromatic heterocycles. The first-order chi connectivity index (χ1) is 10.2. The Labute approximate surface area is 127 Å². The van der Waals surface area contributed by atoms with Crippen LogP contribution in [0.5, 0.6) is 0 Å². The van der Waals surface area contributed by atoms with Crippen LogP contribution in [-0.4, -0.2) is 62.3 Å². The van der Waals surface area contributed by atoms with Gasteiger partial charge in [0.15, 0.2) is 0 Å². The maximum absolute atomic E-state index is 12.0. The van der Waals surface area contributed by atoms with Gasteiger partial charge < -0.3 is 10.2 Å². The van der Waals surface area contributed by atoms with E-state index < -0.39 is 11.8 Å². The molecule has 0 unspecified atom stereocenters. The summed E-state index contributed by atoms with van der Waals surface area (Å²) in [4.78, 5) is 25.5. The third kappa shape index (κ3) is 4.69. The number of nitrogens with zero attached hydrogens (tertiary/aromatic N) is 5. The molecular formula is C12H20N6O2S. The lowest BCUT2D eigenvalue weighted by Gasteiger charge is -2.19. The lowest BCUT2D eigenvalue weighted by atomic mass is 10.2. The number of nitrogens with one attached hydrogen (secondary N) is 1.